The van der Waals surface area contributed by atoms with Crippen LogP contribution in [-0.4, -0.2) is 14.9 Å². The number of rotatable bonds is 4. The van der Waals surface area contributed by atoms with Gasteiger partial charge in [0.25, 0.3) is 0 Å². The average molecular weight is 309 g/mol. The molecule has 1 aromatic carbocycles. The fraction of sp³-hybridized carbons (Fsp3) is 0.357. The summed E-state index contributed by atoms with van der Waals surface area (Å²) in [4.78, 5) is 0. The number of hydrogen-bond donors (Lipinski definition) is 1. The third kappa shape index (κ3) is 3.00. The highest BCUT2D eigenvalue weighted by atomic mass is 79.9. The summed E-state index contributed by atoms with van der Waals surface area (Å²) in [5.41, 5.74) is 1.09. The molecule has 0 bridgehead atoms. The van der Waals surface area contributed by atoms with Crippen molar-refractivity contribution in [2.24, 2.45) is 0 Å². The van der Waals surface area contributed by atoms with Crippen molar-refractivity contribution >= 4 is 15.9 Å². The van der Waals surface area contributed by atoms with Crippen LogP contribution in [0, 0.1) is 0 Å². The molecule has 3 nitrogen and oxygen atoms in total. The molecular formula is C14H17BrN2O. The van der Waals surface area contributed by atoms with Crippen LogP contribution in [-0.2, 0) is 18.6 Å². The molecule has 1 unspecified atom stereocenters. The molecule has 2 rings (SSSR count). The Hall–Kier alpha value is -1.13. The minimum absolute atomic E-state index is 0.564. The lowest BCUT2D eigenvalue weighted by Gasteiger charge is -2.23. The van der Waals surface area contributed by atoms with E-state index in [1.165, 1.54) is 0 Å². The number of aryl methyl sites for hydroxylation is 1. The predicted molar refractivity (Wildman–Crippen MR) is 75.3 cm³/mol. The van der Waals surface area contributed by atoms with Crippen LogP contribution in [0.2, 0.25) is 0 Å². The van der Waals surface area contributed by atoms with E-state index >= 15 is 0 Å². The lowest BCUT2D eigenvalue weighted by molar-refractivity contribution is 0.0576. The quantitative estimate of drug-likeness (QED) is 0.942. The molecule has 1 aromatic heterocycles. The number of nitrogens with zero attached hydrogens (tertiary/aromatic N) is 2. The van der Waals surface area contributed by atoms with Gasteiger partial charge in [0.2, 0.25) is 0 Å². The molecule has 0 aliphatic heterocycles. The van der Waals surface area contributed by atoms with Crippen LogP contribution in [0.1, 0.15) is 25.0 Å². The van der Waals surface area contributed by atoms with Crippen LogP contribution in [0.3, 0.4) is 0 Å². The van der Waals surface area contributed by atoms with E-state index in [1.54, 1.807) is 0 Å². The molecule has 0 aliphatic carbocycles. The summed E-state index contributed by atoms with van der Waals surface area (Å²) in [5.74, 6) is 0. The first-order chi connectivity index (χ1) is 8.51. The Morgan fingerprint density at radius 3 is 2.56 bits per heavy atom. The molecule has 2 aromatic rings. The monoisotopic (exact) mass is 308 g/mol. The zero-order valence-corrected chi connectivity index (χ0v) is 12.2. The summed E-state index contributed by atoms with van der Waals surface area (Å²) in [6.45, 7) is 4.73. The van der Waals surface area contributed by atoms with Crippen molar-refractivity contribution in [1.29, 1.82) is 0 Å². The van der Waals surface area contributed by atoms with Crippen LogP contribution < -0.4 is 0 Å². The number of aliphatic hydroxyl groups is 1. The number of hydrogen-bond acceptors (Lipinski definition) is 2. The maximum Gasteiger partial charge on any atom is 0.0909 e. The molecule has 0 saturated heterocycles. The third-order valence-corrected chi connectivity index (χ3v) is 3.55. The summed E-state index contributed by atoms with van der Waals surface area (Å²) < 4.78 is 2.88. The van der Waals surface area contributed by atoms with Crippen molar-refractivity contribution in [3.63, 3.8) is 0 Å². The molecule has 0 radical (unpaired) electrons. The van der Waals surface area contributed by atoms with Gasteiger partial charge in [0.05, 0.1) is 11.8 Å². The molecule has 18 heavy (non-hydrogen) atoms. The summed E-state index contributed by atoms with van der Waals surface area (Å²) >= 11 is 3.40. The summed E-state index contributed by atoms with van der Waals surface area (Å²) in [5, 5.41) is 14.8. The second-order valence-corrected chi connectivity index (χ2v) is 5.58. The Morgan fingerprint density at radius 2 is 2.00 bits per heavy atom. The SMILES string of the molecule is CCn1cc(CC(C)(O)c2ccc(Br)cc2)cn1. The highest BCUT2D eigenvalue weighted by Crippen LogP contribution is 2.26. The van der Waals surface area contributed by atoms with E-state index in [2.05, 4.69) is 21.0 Å². The van der Waals surface area contributed by atoms with Crippen molar-refractivity contribution in [3.8, 4) is 0 Å². The van der Waals surface area contributed by atoms with Gasteiger partial charge >= 0.3 is 0 Å². The van der Waals surface area contributed by atoms with Crippen molar-refractivity contribution in [3.05, 3.63) is 52.3 Å². The first-order valence-electron chi connectivity index (χ1n) is 6.01. The highest BCUT2D eigenvalue weighted by Gasteiger charge is 2.24. The van der Waals surface area contributed by atoms with Gasteiger partial charge in [-0.1, -0.05) is 28.1 Å². The largest absolute Gasteiger partial charge is 0.385 e. The molecule has 1 atom stereocenters. The summed E-state index contributed by atoms with van der Waals surface area (Å²) in [6, 6.07) is 7.77. The topological polar surface area (TPSA) is 38.0 Å². The van der Waals surface area contributed by atoms with Gasteiger partial charge in [-0.25, -0.2) is 0 Å². The lowest BCUT2D eigenvalue weighted by Crippen LogP contribution is -2.23. The molecule has 96 valence electrons. The maximum absolute atomic E-state index is 10.6. The van der Waals surface area contributed by atoms with E-state index in [1.807, 2.05) is 55.2 Å². The van der Waals surface area contributed by atoms with Crippen LogP contribution in [0.25, 0.3) is 0 Å². The molecule has 0 spiro atoms. The van der Waals surface area contributed by atoms with E-state index in [9.17, 15) is 5.11 Å². The van der Waals surface area contributed by atoms with E-state index in [4.69, 9.17) is 0 Å². The number of aromatic nitrogens is 2. The zero-order valence-electron chi connectivity index (χ0n) is 10.6. The summed E-state index contributed by atoms with van der Waals surface area (Å²) in [7, 11) is 0. The Morgan fingerprint density at radius 1 is 1.33 bits per heavy atom. The van der Waals surface area contributed by atoms with Crippen molar-refractivity contribution in [2.45, 2.75) is 32.4 Å². The Bertz CT molecular complexity index is 517. The van der Waals surface area contributed by atoms with E-state index in [0.717, 1.165) is 22.1 Å². The Labute approximate surface area is 116 Å². The van der Waals surface area contributed by atoms with Crippen LogP contribution in [0.4, 0.5) is 0 Å². The molecular weight excluding hydrogens is 292 g/mol. The second-order valence-electron chi connectivity index (χ2n) is 4.66. The van der Waals surface area contributed by atoms with Gasteiger partial charge in [0.1, 0.15) is 0 Å². The van der Waals surface area contributed by atoms with Gasteiger partial charge < -0.3 is 5.11 Å². The first-order valence-corrected chi connectivity index (χ1v) is 6.80. The van der Waals surface area contributed by atoms with Gasteiger partial charge in [-0.15, -0.1) is 0 Å². The van der Waals surface area contributed by atoms with E-state index < -0.39 is 5.60 Å². The van der Waals surface area contributed by atoms with Crippen LogP contribution in [0.5, 0.6) is 0 Å². The molecule has 1 heterocycles. The first kappa shape index (κ1) is 13.3. The van der Waals surface area contributed by atoms with E-state index in [0.29, 0.717) is 6.42 Å². The minimum Gasteiger partial charge on any atom is -0.385 e. The standard InChI is InChI=1S/C14H17BrN2O/c1-3-17-10-11(9-16-17)8-14(2,18)12-4-6-13(15)7-5-12/h4-7,9-10,18H,3,8H2,1-2H3. The molecule has 0 amide bonds. The molecule has 0 fully saturated rings. The molecule has 4 heteroatoms. The zero-order chi connectivity index (χ0) is 13.2. The molecule has 0 saturated carbocycles. The molecule has 0 aliphatic rings. The highest BCUT2D eigenvalue weighted by molar-refractivity contribution is 9.10. The van der Waals surface area contributed by atoms with Crippen LogP contribution >= 0.6 is 15.9 Å². The predicted octanol–water partition coefficient (Wildman–Crippen LogP) is 3.12. The van der Waals surface area contributed by atoms with Crippen molar-refractivity contribution in [1.82, 2.24) is 9.78 Å². The Kier molecular flexibility index (Phi) is 3.88. The van der Waals surface area contributed by atoms with Gasteiger partial charge in [-0.3, -0.25) is 4.68 Å². The smallest absolute Gasteiger partial charge is 0.0909 e. The van der Waals surface area contributed by atoms with Gasteiger partial charge in [0.15, 0.2) is 0 Å². The van der Waals surface area contributed by atoms with Crippen LogP contribution in [0.15, 0.2) is 41.1 Å². The lowest BCUT2D eigenvalue weighted by atomic mass is 9.90. The minimum atomic E-state index is -0.873. The fourth-order valence-corrected chi connectivity index (χ4v) is 2.24. The van der Waals surface area contributed by atoms with Gasteiger partial charge in [0, 0.05) is 23.6 Å². The number of benzene rings is 1. The second kappa shape index (κ2) is 5.24. The number of halogens is 1. The Balaban J connectivity index is 2.18. The van der Waals surface area contributed by atoms with Gasteiger partial charge in [-0.05, 0) is 37.1 Å². The van der Waals surface area contributed by atoms with Crippen molar-refractivity contribution in [2.75, 3.05) is 0 Å². The van der Waals surface area contributed by atoms with E-state index in [-0.39, 0.29) is 0 Å². The molecule has 1 N–H and O–H groups in total. The normalized spacial score (nSPS) is 14.4. The average Bonchev–Trinajstić information content (AvgIpc) is 2.76. The van der Waals surface area contributed by atoms with Crippen molar-refractivity contribution < 1.29 is 5.11 Å². The maximum atomic E-state index is 10.6. The third-order valence-electron chi connectivity index (χ3n) is 3.03. The fourth-order valence-electron chi connectivity index (χ4n) is 1.98. The summed E-state index contributed by atoms with van der Waals surface area (Å²) in [6.07, 6.45) is 4.36. The van der Waals surface area contributed by atoms with Gasteiger partial charge in [-0.2, -0.15) is 5.10 Å².